The van der Waals surface area contributed by atoms with Crippen molar-refractivity contribution in [2.75, 3.05) is 20.1 Å². The van der Waals surface area contributed by atoms with Gasteiger partial charge in [-0.2, -0.15) is 5.10 Å². The van der Waals surface area contributed by atoms with E-state index in [9.17, 15) is 4.79 Å². The summed E-state index contributed by atoms with van der Waals surface area (Å²) < 4.78 is 2.13. The number of rotatable bonds is 5. The van der Waals surface area contributed by atoms with Crippen molar-refractivity contribution in [2.45, 2.75) is 32.2 Å². The summed E-state index contributed by atoms with van der Waals surface area (Å²) in [4.78, 5) is 21.4. The zero-order chi connectivity index (χ0) is 21.4. The Kier molecular flexibility index (Phi) is 5.42. The fourth-order valence-electron chi connectivity index (χ4n) is 4.25. The Labute approximate surface area is 186 Å². The monoisotopic (exact) mass is 430 g/mol. The molecule has 5 nitrogen and oxygen atoms in total. The van der Waals surface area contributed by atoms with Crippen LogP contribution in [0.2, 0.25) is 0 Å². The van der Waals surface area contributed by atoms with Gasteiger partial charge in [-0.1, -0.05) is 12.1 Å². The van der Waals surface area contributed by atoms with Gasteiger partial charge >= 0.3 is 0 Å². The second-order valence-corrected chi connectivity index (χ2v) is 9.78. The maximum absolute atomic E-state index is 12.6. The molecular formula is C25H26N4OS. The highest BCUT2D eigenvalue weighted by molar-refractivity contribution is 7.14. The molecular weight excluding hydrogens is 404 g/mol. The topological polar surface area (TPSA) is 51.0 Å². The molecule has 1 aliphatic heterocycles. The van der Waals surface area contributed by atoms with Gasteiger partial charge in [0.25, 0.3) is 0 Å². The first-order valence-electron chi connectivity index (χ1n) is 10.8. The lowest BCUT2D eigenvalue weighted by Crippen LogP contribution is -2.31. The van der Waals surface area contributed by atoms with Crippen LogP contribution >= 0.6 is 11.3 Å². The highest BCUT2D eigenvalue weighted by atomic mass is 32.1. The third-order valence-corrected chi connectivity index (χ3v) is 7.17. The second-order valence-electron chi connectivity index (χ2n) is 8.49. The highest BCUT2D eigenvalue weighted by Gasteiger charge is 2.19. The standard InChI is InChI=1S/C25H26N4OS/c1-17-3-6-25(31-17)24(30)13-22-12-20-11-18(4-5-19(20)14-26-22)21-15-27-29(16-21)23-7-9-28(2)10-8-23/h3-6,11-12,14-16,23H,7-10,13H2,1-2H3. The second kappa shape index (κ2) is 8.36. The fraction of sp³-hybridized carbons (Fsp3) is 0.320. The van der Waals surface area contributed by atoms with E-state index >= 15 is 0 Å². The SMILES string of the molecule is Cc1ccc(C(=O)Cc2cc3cc(-c4cnn(C5CCN(C)CC5)c4)ccc3cn2)s1. The quantitative estimate of drug-likeness (QED) is 0.410. The lowest BCUT2D eigenvalue weighted by molar-refractivity contribution is 0.0996. The molecule has 0 saturated carbocycles. The predicted molar refractivity (Wildman–Crippen MR) is 126 cm³/mol. The summed E-state index contributed by atoms with van der Waals surface area (Å²) in [6.07, 6.45) is 8.61. The van der Waals surface area contributed by atoms with Crippen LogP contribution in [0.4, 0.5) is 0 Å². The highest BCUT2D eigenvalue weighted by Crippen LogP contribution is 2.28. The predicted octanol–water partition coefficient (Wildman–Crippen LogP) is 5.16. The number of pyridine rings is 1. The van der Waals surface area contributed by atoms with E-state index in [1.54, 1.807) is 11.3 Å². The van der Waals surface area contributed by atoms with E-state index < -0.39 is 0 Å². The first kappa shape index (κ1) is 20.1. The van der Waals surface area contributed by atoms with E-state index in [0.717, 1.165) is 63.3 Å². The van der Waals surface area contributed by atoms with Crippen molar-refractivity contribution in [3.63, 3.8) is 0 Å². The number of piperidine rings is 1. The smallest absolute Gasteiger partial charge is 0.178 e. The van der Waals surface area contributed by atoms with E-state index in [-0.39, 0.29) is 5.78 Å². The Morgan fingerprint density at radius 3 is 2.68 bits per heavy atom. The van der Waals surface area contributed by atoms with Gasteiger partial charge in [0.1, 0.15) is 0 Å². The number of aryl methyl sites for hydroxylation is 1. The molecule has 0 aliphatic carbocycles. The van der Waals surface area contributed by atoms with Crippen molar-refractivity contribution in [3.05, 3.63) is 70.4 Å². The van der Waals surface area contributed by atoms with Crippen molar-refractivity contribution in [3.8, 4) is 11.1 Å². The van der Waals surface area contributed by atoms with Gasteiger partial charge in [0.05, 0.1) is 23.5 Å². The maximum Gasteiger partial charge on any atom is 0.178 e. The van der Waals surface area contributed by atoms with Crippen molar-refractivity contribution < 1.29 is 4.79 Å². The van der Waals surface area contributed by atoms with E-state index in [0.29, 0.717) is 12.5 Å². The zero-order valence-electron chi connectivity index (χ0n) is 17.9. The summed E-state index contributed by atoms with van der Waals surface area (Å²) in [7, 11) is 2.18. The van der Waals surface area contributed by atoms with Gasteiger partial charge < -0.3 is 4.90 Å². The lowest BCUT2D eigenvalue weighted by atomic mass is 10.0. The number of aromatic nitrogens is 3. The Morgan fingerprint density at radius 2 is 1.90 bits per heavy atom. The third-order valence-electron chi connectivity index (χ3n) is 6.13. The summed E-state index contributed by atoms with van der Waals surface area (Å²) >= 11 is 1.54. The number of likely N-dealkylation sites (tertiary alicyclic amines) is 1. The number of benzene rings is 1. The fourth-order valence-corrected chi connectivity index (χ4v) is 5.05. The third kappa shape index (κ3) is 4.31. The molecule has 0 unspecified atom stereocenters. The first-order chi connectivity index (χ1) is 15.0. The molecule has 0 atom stereocenters. The van der Waals surface area contributed by atoms with E-state index in [1.807, 2.05) is 37.5 Å². The zero-order valence-corrected chi connectivity index (χ0v) is 18.7. The Morgan fingerprint density at radius 1 is 1.06 bits per heavy atom. The number of nitrogens with zero attached hydrogens (tertiary/aromatic N) is 4. The lowest BCUT2D eigenvalue weighted by Gasteiger charge is -2.28. The summed E-state index contributed by atoms with van der Waals surface area (Å²) in [6, 6.07) is 12.8. The van der Waals surface area contributed by atoms with Crippen LogP contribution in [0.15, 0.2) is 55.0 Å². The molecule has 31 heavy (non-hydrogen) atoms. The Bertz CT molecular complexity index is 1230. The largest absolute Gasteiger partial charge is 0.306 e. The summed E-state index contributed by atoms with van der Waals surface area (Å²) in [6.45, 7) is 4.26. The van der Waals surface area contributed by atoms with Gasteiger partial charge in [-0.3, -0.25) is 14.5 Å². The number of hydrogen-bond acceptors (Lipinski definition) is 5. The molecule has 0 spiro atoms. The van der Waals surface area contributed by atoms with Crippen LogP contribution < -0.4 is 0 Å². The van der Waals surface area contributed by atoms with Gasteiger partial charge in [0.15, 0.2) is 5.78 Å². The van der Waals surface area contributed by atoms with Gasteiger partial charge in [-0.05, 0) is 75.1 Å². The van der Waals surface area contributed by atoms with E-state index in [4.69, 9.17) is 0 Å². The number of carbonyl (C=O) groups is 1. The van der Waals surface area contributed by atoms with Gasteiger partial charge in [0, 0.05) is 33.9 Å². The van der Waals surface area contributed by atoms with Crippen molar-refractivity contribution >= 4 is 27.9 Å². The average molecular weight is 431 g/mol. The van der Waals surface area contributed by atoms with Crippen LogP contribution in [0.3, 0.4) is 0 Å². The van der Waals surface area contributed by atoms with Crippen LogP contribution in [0.1, 0.15) is 39.1 Å². The Balaban J connectivity index is 1.37. The molecule has 4 aromatic rings. The molecule has 3 aromatic heterocycles. The number of Topliss-reactive ketones (excluding diaryl/α,β-unsaturated/α-hetero) is 1. The number of hydrogen-bond donors (Lipinski definition) is 0. The average Bonchev–Trinajstić information content (AvgIpc) is 3.43. The molecule has 0 N–H and O–H groups in total. The number of thiophene rings is 1. The minimum absolute atomic E-state index is 0.125. The minimum atomic E-state index is 0.125. The molecule has 6 heteroatoms. The number of ketones is 1. The van der Waals surface area contributed by atoms with Crippen molar-refractivity contribution in [1.29, 1.82) is 0 Å². The molecule has 158 valence electrons. The maximum atomic E-state index is 12.6. The number of fused-ring (bicyclic) bond motifs is 1. The summed E-state index contributed by atoms with van der Waals surface area (Å²) in [5.74, 6) is 0.125. The normalized spacial score (nSPS) is 15.5. The van der Waals surface area contributed by atoms with E-state index in [2.05, 4.69) is 51.1 Å². The number of carbonyl (C=O) groups excluding carboxylic acids is 1. The van der Waals surface area contributed by atoms with Gasteiger partial charge in [-0.15, -0.1) is 11.3 Å². The van der Waals surface area contributed by atoms with Crippen LogP contribution in [0.25, 0.3) is 21.9 Å². The van der Waals surface area contributed by atoms with Crippen LogP contribution in [0, 0.1) is 6.92 Å². The molecule has 0 amide bonds. The van der Waals surface area contributed by atoms with Crippen LogP contribution in [0.5, 0.6) is 0 Å². The molecule has 0 bridgehead atoms. The summed E-state index contributed by atoms with van der Waals surface area (Å²) in [5.41, 5.74) is 3.08. The minimum Gasteiger partial charge on any atom is -0.306 e. The van der Waals surface area contributed by atoms with Crippen LogP contribution in [-0.4, -0.2) is 45.6 Å². The molecule has 4 heterocycles. The van der Waals surface area contributed by atoms with Crippen LogP contribution in [-0.2, 0) is 6.42 Å². The molecule has 5 rings (SSSR count). The van der Waals surface area contributed by atoms with Crippen molar-refractivity contribution in [1.82, 2.24) is 19.7 Å². The van der Waals surface area contributed by atoms with E-state index in [1.165, 1.54) is 0 Å². The molecule has 1 aliphatic rings. The molecule has 1 aromatic carbocycles. The molecule has 0 radical (unpaired) electrons. The molecule has 1 saturated heterocycles. The van der Waals surface area contributed by atoms with Gasteiger partial charge in [-0.25, -0.2) is 0 Å². The Hall–Kier alpha value is -2.83. The van der Waals surface area contributed by atoms with Gasteiger partial charge in [0.2, 0.25) is 0 Å². The van der Waals surface area contributed by atoms with Crippen molar-refractivity contribution in [2.24, 2.45) is 0 Å². The first-order valence-corrected chi connectivity index (χ1v) is 11.6. The molecule has 1 fully saturated rings. The summed E-state index contributed by atoms with van der Waals surface area (Å²) in [5, 5.41) is 6.84.